The minimum Gasteiger partial charge on any atom is -0.300 e. The van der Waals surface area contributed by atoms with Crippen LogP contribution in [-0.4, -0.2) is 12.5 Å². The molecule has 0 fully saturated rings. The van der Waals surface area contributed by atoms with Gasteiger partial charge in [0.2, 0.25) is 0 Å². The average Bonchev–Trinajstić information content (AvgIpc) is 2.10. The Morgan fingerprint density at radius 2 is 2.08 bits per heavy atom. The number of aldehydes is 1. The summed E-state index contributed by atoms with van der Waals surface area (Å²) in [5, 5.41) is 0. The van der Waals surface area contributed by atoms with Crippen molar-refractivity contribution in [2.24, 2.45) is 0 Å². The van der Waals surface area contributed by atoms with Gasteiger partial charge in [-0.2, -0.15) is 0 Å². The molecule has 0 aromatic rings. The molecule has 0 saturated carbocycles. The van der Waals surface area contributed by atoms with E-state index >= 15 is 0 Å². The van der Waals surface area contributed by atoms with Gasteiger partial charge in [-0.1, -0.05) is 19.1 Å². The SMILES string of the molecule is CC/C=C\CCCC[C@@H](F)C=O. The van der Waals surface area contributed by atoms with Gasteiger partial charge in [0.1, 0.15) is 0 Å². The summed E-state index contributed by atoms with van der Waals surface area (Å²) >= 11 is 0. The van der Waals surface area contributed by atoms with Gasteiger partial charge in [0, 0.05) is 0 Å². The molecule has 0 heterocycles. The van der Waals surface area contributed by atoms with Crippen LogP contribution in [0.1, 0.15) is 39.0 Å². The summed E-state index contributed by atoms with van der Waals surface area (Å²) in [6.45, 7) is 2.08. The summed E-state index contributed by atoms with van der Waals surface area (Å²) < 4.78 is 12.3. The van der Waals surface area contributed by atoms with E-state index in [1.54, 1.807) is 0 Å². The Hall–Kier alpha value is -0.660. The highest BCUT2D eigenvalue weighted by atomic mass is 19.1. The fraction of sp³-hybridized carbons (Fsp3) is 0.700. The van der Waals surface area contributed by atoms with Gasteiger partial charge in [-0.15, -0.1) is 0 Å². The van der Waals surface area contributed by atoms with Gasteiger partial charge < -0.3 is 4.79 Å². The van der Waals surface area contributed by atoms with Crippen molar-refractivity contribution in [2.75, 3.05) is 0 Å². The molecule has 2 heteroatoms. The predicted molar refractivity (Wildman–Crippen MR) is 48.9 cm³/mol. The van der Waals surface area contributed by atoms with E-state index in [2.05, 4.69) is 19.1 Å². The zero-order valence-electron chi connectivity index (χ0n) is 7.63. The molecule has 0 aliphatic carbocycles. The molecule has 0 bridgehead atoms. The highest BCUT2D eigenvalue weighted by Crippen LogP contribution is 2.05. The van der Waals surface area contributed by atoms with Gasteiger partial charge in [-0.05, 0) is 32.1 Å². The van der Waals surface area contributed by atoms with E-state index in [4.69, 9.17) is 0 Å². The number of rotatable bonds is 7. The highest BCUT2D eigenvalue weighted by Gasteiger charge is 2.01. The van der Waals surface area contributed by atoms with Crippen molar-refractivity contribution in [1.82, 2.24) is 0 Å². The van der Waals surface area contributed by atoms with E-state index in [1.165, 1.54) is 0 Å². The smallest absolute Gasteiger partial charge is 0.155 e. The Kier molecular flexibility index (Phi) is 7.97. The monoisotopic (exact) mass is 172 g/mol. The van der Waals surface area contributed by atoms with Crippen LogP contribution in [0.3, 0.4) is 0 Å². The molecule has 1 atom stereocenters. The molecular formula is C10H17FO. The molecule has 0 aromatic heterocycles. The summed E-state index contributed by atoms with van der Waals surface area (Å²) in [6.07, 6.45) is 7.55. The lowest BCUT2D eigenvalue weighted by Crippen LogP contribution is -1.99. The van der Waals surface area contributed by atoms with Crippen LogP contribution in [0.25, 0.3) is 0 Å². The molecule has 0 rings (SSSR count). The fourth-order valence-electron chi connectivity index (χ4n) is 0.954. The molecule has 1 nitrogen and oxygen atoms in total. The van der Waals surface area contributed by atoms with Crippen LogP contribution in [0.5, 0.6) is 0 Å². The van der Waals surface area contributed by atoms with Gasteiger partial charge in [0.05, 0.1) is 0 Å². The second kappa shape index (κ2) is 8.44. The Morgan fingerprint density at radius 1 is 1.33 bits per heavy atom. The van der Waals surface area contributed by atoms with Crippen molar-refractivity contribution in [1.29, 1.82) is 0 Å². The van der Waals surface area contributed by atoms with E-state index in [9.17, 15) is 9.18 Å². The van der Waals surface area contributed by atoms with Crippen molar-refractivity contribution >= 4 is 6.29 Å². The van der Waals surface area contributed by atoms with Crippen molar-refractivity contribution < 1.29 is 9.18 Å². The molecular weight excluding hydrogens is 155 g/mol. The number of carbonyl (C=O) groups is 1. The van der Waals surface area contributed by atoms with Gasteiger partial charge in [0.25, 0.3) is 0 Å². The molecule has 0 amide bonds. The van der Waals surface area contributed by atoms with Gasteiger partial charge in [0.15, 0.2) is 12.5 Å². The average molecular weight is 172 g/mol. The number of carbonyl (C=O) groups excluding carboxylic acids is 1. The van der Waals surface area contributed by atoms with E-state index in [0.717, 1.165) is 25.7 Å². The lowest BCUT2D eigenvalue weighted by Gasteiger charge is -1.97. The minimum absolute atomic E-state index is 0.377. The third kappa shape index (κ3) is 7.45. The molecule has 0 aliphatic rings. The lowest BCUT2D eigenvalue weighted by atomic mass is 10.1. The van der Waals surface area contributed by atoms with Crippen LogP contribution in [0.4, 0.5) is 4.39 Å². The Morgan fingerprint density at radius 3 is 2.67 bits per heavy atom. The van der Waals surface area contributed by atoms with Crippen molar-refractivity contribution in [3.05, 3.63) is 12.2 Å². The summed E-state index contributed by atoms with van der Waals surface area (Å²) in [6, 6.07) is 0. The first-order chi connectivity index (χ1) is 5.81. The number of hydrogen-bond donors (Lipinski definition) is 0. The number of alkyl halides is 1. The maximum atomic E-state index is 12.3. The summed E-state index contributed by atoms with van der Waals surface area (Å²) in [5.74, 6) is 0. The predicted octanol–water partition coefficient (Wildman–Crippen LogP) is 3.05. The van der Waals surface area contributed by atoms with Crippen LogP contribution >= 0.6 is 0 Å². The standard InChI is InChI=1S/C10H17FO/c1-2-3-4-5-6-7-8-10(11)9-12/h3-4,9-10H,2,5-8H2,1H3/b4-3-/t10-/m1/s1. The lowest BCUT2D eigenvalue weighted by molar-refractivity contribution is -0.112. The topological polar surface area (TPSA) is 17.1 Å². The number of halogens is 1. The maximum Gasteiger partial charge on any atom is 0.155 e. The third-order valence-corrected chi connectivity index (χ3v) is 1.65. The molecule has 0 unspecified atom stereocenters. The molecule has 12 heavy (non-hydrogen) atoms. The van der Waals surface area contributed by atoms with Crippen LogP contribution in [-0.2, 0) is 4.79 Å². The maximum absolute atomic E-state index is 12.3. The summed E-state index contributed by atoms with van der Waals surface area (Å²) in [5.41, 5.74) is 0. The number of hydrogen-bond acceptors (Lipinski definition) is 1. The Labute approximate surface area is 73.7 Å². The largest absolute Gasteiger partial charge is 0.300 e. The first kappa shape index (κ1) is 11.3. The quantitative estimate of drug-likeness (QED) is 0.328. The highest BCUT2D eigenvalue weighted by molar-refractivity contribution is 5.55. The van der Waals surface area contributed by atoms with Crippen molar-refractivity contribution in [2.45, 2.75) is 45.2 Å². The van der Waals surface area contributed by atoms with E-state index in [-0.39, 0.29) is 0 Å². The zero-order valence-corrected chi connectivity index (χ0v) is 7.63. The van der Waals surface area contributed by atoms with Gasteiger partial charge in [-0.25, -0.2) is 4.39 Å². The summed E-state index contributed by atoms with van der Waals surface area (Å²) in [4.78, 5) is 9.88. The molecule has 0 spiro atoms. The Bertz CT molecular complexity index is 132. The minimum atomic E-state index is -1.25. The third-order valence-electron chi connectivity index (χ3n) is 1.65. The van der Waals surface area contributed by atoms with Crippen LogP contribution < -0.4 is 0 Å². The van der Waals surface area contributed by atoms with Crippen LogP contribution in [0, 0.1) is 0 Å². The van der Waals surface area contributed by atoms with E-state index in [1.807, 2.05) is 0 Å². The van der Waals surface area contributed by atoms with E-state index in [0.29, 0.717) is 12.7 Å². The second-order valence-corrected chi connectivity index (χ2v) is 2.82. The fourth-order valence-corrected chi connectivity index (χ4v) is 0.954. The number of allylic oxidation sites excluding steroid dienone is 2. The zero-order chi connectivity index (χ0) is 9.23. The van der Waals surface area contributed by atoms with Gasteiger partial charge >= 0.3 is 0 Å². The first-order valence-electron chi connectivity index (χ1n) is 4.55. The van der Waals surface area contributed by atoms with Crippen molar-refractivity contribution in [3.8, 4) is 0 Å². The van der Waals surface area contributed by atoms with Gasteiger partial charge in [-0.3, -0.25) is 0 Å². The first-order valence-corrected chi connectivity index (χ1v) is 4.55. The molecule has 0 radical (unpaired) electrons. The molecule has 0 aliphatic heterocycles. The second-order valence-electron chi connectivity index (χ2n) is 2.82. The van der Waals surface area contributed by atoms with E-state index < -0.39 is 6.17 Å². The summed E-state index contributed by atoms with van der Waals surface area (Å²) in [7, 11) is 0. The molecule has 0 N–H and O–H groups in total. The van der Waals surface area contributed by atoms with Crippen molar-refractivity contribution in [3.63, 3.8) is 0 Å². The molecule has 0 saturated heterocycles. The molecule has 0 aromatic carbocycles. The number of unbranched alkanes of at least 4 members (excludes halogenated alkanes) is 2. The normalized spacial score (nSPS) is 13.5. The van der Waals surface area contributed by atoms with Crippen LogP contribution in [0.2, 0.25) is 0 Å². The van der Waals surface area contributed by atoms with Crippen LogP contribution in [0.15, 0.2) is 12.2 Å². The Balaban J connectivity index is 3.10. The molecule has 70 valence electrons.